The number of hydrogen-bond acceptors (Lipinski definition) is 5. The average molecular weight is 351 g/mol. The summed E-state index contributed by atoms with van der Waals surface area (Å²) in [5.41, 5.74) is 9.06. The predicted molar refractivity (Wildman–Crippen MR) is 103 cm³/mol. The number of nitrogens with one attached hydrogen (secondary N) is 1. The van der Waals surface area contributed by atoms with E-state index in [9.17, 15) is 4.79 Å². The lowest BCUT2D eigenvalue weighted by atomic mass is 10.1. The minimum absolute atomic E-state index is 0.0393. The standard InChI is InChI=1S/C19H21N5O2/c1-13-22-24(16-8-6-15(7-9-16)19(20)21)12-23(13)17-4-2-3-14(11-17)5-10-18(25)26/h2-4,6-9,11H,5,10,12H2,1H3,(H3,20,21)(H,25,26). The highest BCUT2D eigenvalue weighted by Crippen LogP contribution is 2.25. The SMILES string of the molecule is CC1=NN(c2ccc(C(=N)N)cc2)CN1c1cccc(CCC(=O)O)c1. The number of carboxylic acid groups (broad SMARTS) is 1. The molecule has 0 amide bonds. The summed E-state index contributed by atoms with van der Waals surface area (Å²) in [6.45, 7) is 2.50. The van der Waals surface area contributed by atoms with Gasteiger partial charge in [0.15, 0.2) is 0 Å². The second kappa shape index (κ2) is 7.26. The molecule has 0 bridgehead atoms. The largest absolute Gasteiger partial charge is 0.481 e. The fourth-order valence-electron chi connectivity index (χ4n) is 2.85. The Bertz CT molecular complexity index is 860. The van der Waals surface area contributed by atoms with Crippen LogP contribution in [0.1, 0.15) is 24.5 Å². The molecule has 0 unspecified atom stereocenters. The molecule has 7 heteroatoms. The smallest absolute Gasteiger partial charge is 0.303 e. The van der Waals surface area contributed by atoms with Gasteiger partial charge in [0.1, 0.15) is 18.3 Å². The summed E-state index contributed by atoms with van der Waals surface area (Å²) in [5, 5.41) is 22.8. The van der Waals surface area contributed by atoms with Crippen molar-refractivity contribution in [2.75, 3.05) is 16.6 Å². The number of carboxylic acids is 1. The van der Waals surface area contributed by atoms with E-state index in [2.05, 4.69) is 10.0 Å². The van der Waals surface area contributed by atoms with E-state index >= 15 is 0 Å². The van der Waals surface area contributed by atoms with Gasteiger partial charge < -0.3 is 15.7 Å². The Morgan fingerprint density at radius 1 is 1.23 bits per heavy atom. The molecule has 0 saturated heterocycles. The predicted octanol–water partition coefficient (Wildman–Crippen LogP) is 2.61. The average Bonchev–Trinajstić information content (AvgIpc) is 3.02. The van der Waals surface area contributed by atoms with Gasteiger partial charge in [0, 0.05) is 17.7 Å². The molecule has 3 rings (SSSR count). The van der Waals surface area contributed by atoms with Gasteiger partial charge in [0.25, 0.3) is 0 Å². The van der Waals surface area contributed by atoms with Gasteiger partial charge in [-0.05, 0) is 55.3 Å². The second-order valence-corrected chi connectivity index (χ2v) is 6.14. The van der Waals surface area contributed by atoms with Crippen molar-refractivity contribution in [2.24, 2.45) is 10.8 Å². The lowest BCUT2D eigenvalue weighted by molar-refractivity contribution is -0.136. The van der Waals surface area contributed by atoms with Gasteiger partial charge in [-0.2, -0.15) is 5.10 Å². The Morgan fingerprint density at radius 2 is 1.96 bits per heavy atom. The van der Waals surface area contributed by atoms with Gasteiger partial charge in [-0.1, -0.05) is 12.1 Å². The van der Waals surface area contributed by atoms with Crippen LogP contribution in [0.5, 0.6) is 0 Å². The van der Waals surface area contributed by atoms with E-state index in [0.29, 0.717) is 18.7 Å². The Labute approximate surface area is 151 Å². The zero-order valence-electron chi connectivity index (χ0n) is 14.5. The van der Waals surface area contributed by atoms with Crippen molar-refractivity contribution in [3.05, 3.63) is 59.7 Å². The molecule has 134 valence electrons. The number of aryl methyl sites for hydroxylation is 1. The van der Waals surface area contributed by atoms with Crippen LogP contribution in [0, 0.1) is 5.41 Å². The molecular weight excluding hydrogens is 330 g/mol. The van der Waals surface area contributed by atoms with Crippen LogP contribution in [-0.4, -0.2) is 29.4 Å². The number of aliphatic carboxylic acids is 1. The first-order valence-corrected chi connectivity index (χ1v) is 8.29. The second-order valence-electron chi connectivity index (χ2n) is 6.14. The zero-order chi connectivity index (χ0) is 18.7. The Kier molecular flexibility index (Phi) is 4.88. The Balaban J connectivity index is 1.75. The highest BCUT2D eigenvalue weighted by Gasteiger charge is 2.22. The van der Waals surface area contributed by atoms with Crippen LogP contribution in [0.25, 0.3) is 0 Å². The molecule has 7 nitrogen and oxygen atoms in total. The van der Waals surface area contributed by atoms with E-state index in [4.69, 9.17) is 16.2 Å². The van der Waals surface area contributed by atoms with Gasteiger partial charge in [-0.15, -0.1) is 0 Å². The molecular formula is C19H21N5O2. The van der Waals surface area contributed by atoms with Gasteiger partial charge in [0.05, 0.1) is 5.69 Å². The van der Waals surface area contributed by atoms with E-state index < -0.39 is 5.97 Å². The summed E-state index contributed by atoms with van der Waals surface area (Å²) in [5.74, 6) is 0.1000. The van der Waals surface area contributed by atoms with Crippen molar-refractivity contribution in [3.63, 3.8) is 0 Å². The number of rotatable bonds is 6. The van der Waals surface area contributed by atoms with Gasteiger partial charge in [-0.25, -0.2) is 5.01 Å². The van der Waals surface area contributed by atoms with E-state index in [0.717, 1.165) is 22.8 Å². The van der Waals surface area contributed by atoms with E-state index in [1.54, 1.807) is 12.1 Å². The number of amidine groups is 2. The summed E-state index contributed by atoms with van der Waals surface area (Å²) in [6.07, 6.45) is 0.620. The minimum atomic E-state index is -0.797. The quantitative estimate of drug-likeness (QED) is 0.548. The summed E-state index contributed by atoms with van der Waals surface area (Å²) >= 11 is 0. The molecule has 1 aliphatic rings. The maximum Gasteiger partial charge on any atom is 0.303 e. The molecule has 26 heavy (non-hydrogen) atoms. The van der Waals surface area contributed by atoms with Crippen LogP contribution < -0.4 is 15.6 Å². The molecule has 0 fully saturated rings. The highest BCUT2D eigenvalue weighted by atomic mass is 16.4. The molecule has 1 aliphatic heterocycles. The van der Waals surface area contributed by atoms with Crippen LogP contribution in [-0.2, 0) is 11.2 Å². The molecule has 0 atom stereocenters. The number of nitrogens with zero attached hydrogens (tertiary/aromatic N) is 3. The van der Waals surface area contributed by atoms with Crippen LogP contribution in [0.2, 0.25) is 0 Å². The van der Waals surface area contributed by atoms with Crippen molar-refractivity contribution in [1.82, 2.24) is 0 Å². The maximum absolute atomic E-state index is 10.8. The molecule has 1 heterocycles. The fraction of sp³-hybridized carbons (Fsp3) is 0.211. The van der Waals surface area contributed by atoms with E-state index in [-0.39, 0.29) is 12.3 Å². The first kappa shape index (κ1) is 17.5. The first-order valence-electron chi connectivity index (χ1n) is 8.29. The third-order valence-corrected chi connectivity index (χ3v) is 4.26. The molecule has 2 aromatic carbocycles. The number of anilines is 2. The van der Waals surface area contributed by atoms with E-state index in [1.165, 1.54) is 0 Å². The van der Waals surface area contributed by atoms with Gasteiger partial charge >= 0.3 is 5.97 Å². The molecule has 0 aliphatic carbocycles. The molecule has 0 spiro atoms. The summed E-state index contributed by atoms with van der Waals surface area (Å²) in [7, 11) is 0. The van der Waals surface area contributed by atoms with Crippen molar-refractivity contribution >= 4 is 29.0 Å². The van der Waals surface area contributed by atoms with Crippen LogP contribution in [0.3, 0.4) is 0 Å². The third kappa shape index (κ3) is 3.83. The lowest BCUT2D eigenvalue weighted by Crippen LogP contribution is -2.29. The molecule has 2 aromatic rings. The summed E-state index contributed by atoms with van der Waals surface area (Å²) in [6, 6.07) is 15.3. The molecule has 0 saturated carbocycles. The third-order valence-electron chi connectivity index (χ3n) is 4.26. The minimum Gasteiger partial charge on any atom is -0.481 e. The van der Waals surface area contributed by atoms with Crippen LogP contribution in [0.4, 0.5) is 11.4 Å². The zero-order valence-corrected chi connectivity index (χ0v) is 14.5. The Morgan fingerprint density at radius 3 is 2.62 bits per heavy atom. The normalized spacial score (nSPS) is 13.7. The fourth-order valence-corrected chi connectivity index (χ4v) is 2.85. The maximum atomic E-state index is 10.8. The topological polar surface area (TPSA) is 106 Å². The monoisotopic (exact) mass is 351 g/mol. The lowest BCUT2D eigenvalue weighted by Gasteiger charge is -2.21. The number of carbonyl (C=O) groups is 1. The highest BCUT2D eigenvalue weighted by molar-refractivity contribution is 5.99. The Hall–Kier alpha value is -3.35. The van der Waals surface area contributed by atoms with Crippen LogP contribution in [0.15, 0.2) is 53.6 Å². The number of hydrogen-bond donors (Lipinski definition) is 3. The van der Waals surface area contributed by atoms with Crippen molar-refractivity contribution in [3.8, 4) is 0 Å². The number of nitrogens with two attached hydrogens (primary N) is 1. The van der Waals surface area contributed by atoms with Gasteiger partial charge in [-0.3, -0.25) is 10.2 Å². The summed E-state index contributed by atoms with van der Waals surface area (Å²) in [4.78, 5) is 12.8. The van der Waals surface area contributed by atoms with E-state index in [1.807, 2.05) is 48.3 Å². The van der Waals surface area contributed by atoms with Crippen molar-refractivity contribution in [1.29, 1.82) is 5.41 Å². The van der Waals surface area contributed by atoms with Gasteiger partial charge in [0.2, 0.25) is 0 Å². The van der Waals surface area contributed by atoms with Crippen LogP contribution >= 0.6 is 0 Å². The molecule has 0 radical (unpaired) electrons. The van der Waals surface area contributed by atoms with Crippen molar-refractivity contribution in [2.45, 2.75) is 19.8 Å². The first-order chi connectivity index (χ1) is 12.4. The summed E-state index contributed by atoms with van der Waals surface area (Å²) < 4.78 is 0. The number of nitrogen functional groups attached to an aromatic ring is 1. The van der Waals surface area contributed by atoms with Crippen molar-refractivity contribution < 1.29 is 9.90 Å². The number of benzene rings is 2. The number of hydrazone groups is 1. The molecule has 0 aromatic heterocycles. The molecule has 4 N–H and O–H groups in total.